The Bertz CT molecular complexity index is 872. The van der Waals surface area contributed by atoms with Crippen LogP contribution >= 0.6 is 22.9 Å². The van der Waals surface area contributed by atoms with Crippen LogP contribution in [-0.4, -0.2) is 24.5 Å². The SMILES string of the molecule is Cc1ccc(Cl)cc1NS(=O)(=O)c1nnc(NC(=O)C(C)(C)C)s1. The third kappa shape index (κ3) is 4.43. The third-order valence-electron chi connectivity index (χ3n) is 2.98. The summed E-state index contributed by atoms with van der Waals surface area (Å²) >= 11 is 6.66. The Balaban J connectivity index is 2.22. The lowest BCUT2D eigenvalue weighted by molar-refractivity contribution is -0.123. The topological polar surface area (TPSA) is 101 Å². The number of hydrogen-bond acceptors (Lipinski definition) is 6. The van der Waals surface area contributed by atoms with E-state index in [2.05, 4.69) is 20.2 Å². The average Bonchev–Trinajstić information content (AvgIpc) is 2.91. The van der Waals surface area contributed by atoms with E-state index in [0.717, 1.165) is 11.3 Å². The number of aryl methyl sites for hydroxylation is 1. The van der Waals surface area contributed by atoms with Crippen molar-refractivity contribution < 1.29 is 13.2 Å². The molecule has 2 rings (SSSR count). The summed E-state index contributed by atoms with van der Waals surface area (Å²) in [6, 6.07) is 4.88. The fraction of sp³-hybridized carbons (Fsp3) is 0.357. The van der Waals surface area contributed by atoms with Crippen LogP contribution in [0.2, 0.25) is 5.02 Å². The van der Waals surface area contributed by atoms with E-state index in [1.54, 1.807) is 39.8 Å². The predicted octanol–water partition coefficient (Wildman–Crippen LogP) is 3.29. The van der Waals surface area contributed by atoms with Crippen molar-refractivity contribution in [1.82, 2.24) is 10.2 Å². The van der Waals surface area contributed by atoms with Crippen molar-refractivity contribution >= 4 is 49.7 Å². The van der Waals surface area contributed by atoms with Gasteiger partial charge >= 0.3 is 0 Å². The molecule has 10 heteroatoms. The van der Waals surface area contributed by atoms with E-state index in [-0.39, 0.29) is 15.4 Å². The van der Waals surface area contributed by atoms with Gasteiger partial charge in [-0.05, 0) is 24.6 Å². The molecule has 0 aliphatic carbocycles. The molecular formula is C14H17ClN4O3S2. The minimum atomic E-state index is -3.92. The molecule has 0 spiro atoms. The molecule has 0 radical (unpaired) electrons. The highest BCUT2D eigenvalue weighted by Crippen LogP contribution is 2.27. The molecular weight excluding hydrogens is 372 g/mol. The molecule has 0 aliphatic heterocycles. The number of nitrogens with zero attached hydrogens (tertiary/aromatic N) is 2. The van der Waals surface area contributed by atoms with Gasteiger partial charge in [0.15, 0.2) is 0 Å². The Morgan fingerprint density at radius 3 is 2.54 bits per heavy atom. The molecule has 130 valence electrons. The van der Waals surface area contributed by atoms with Gasteiger partial charge in [-0.2, -0.15) is 8.42 Å². The van der Waals surface area contributed by atoms with Crippen LogP contribution in [0.5, 0.6) is 0 Å². The Labute approximate surface area is 149 Å². The number of benzene rings is 1. The maximum atomic E-state index is 12.4. The van der Waals surface area contributed by atoms with Gasteiger partial charge < -0.3 is 5.32 Å². The van der Waals surface area contributed by atoms with Gasteiger partial charge in [0.25, 0.3) is 14.4 Å². The number of sulfonamides is 1. The molecule has 1 amide bonds. The minimum Gasteiger partial charge on any atom is -0.300 e. The highest BCUT2D eigenvalue weighted by atomic mass is 35.5. The van der Waals surface area contributed by atoms with E-state index in [9.17, 15) is 13.2 Å². The van der Waals surface area contributed by atoms with Gasteiger partial charge in [-0.3, -0.25) is 9.52 Å². The summed E-state index contributed by atoms with van der Waals surface area (Å²) in [5.74, 6) is -0.277. The van der Waals surface area contributed by atoms with Crippen molar-refractivity contribution in [3.63, 3.8) is 0 Å². The standard InChI is InChI=1S/C14H17ClN4O3S2/c1-8-5-6-9(15)7-10(8)19-24(21,22)13-18-17-12(23-13)16-11(20)14(2,3)4/h5-7,19H,1-4H3,(H,16,17,20). The quantitative estimate of drug-likeness (QED) is 0.782. The zero-order valence-corrected chi connectivity index (χ0v) is 15.9. The Morgan fingerprint density at radius 2 is 1.92 bits per heavy atom. The summed E-state index contributed by atoms with van der Waals surface area (Å²) in [7, 11) is -3.92. The zero-order valence-electron chi connectivity index (χ0n) is 13.5. The number of nitrogens with one attached hydrogen (secondary N) is 2. The summed E-state index contributed by atoms with van der Waals surface area (Å²) in [5.41, 5.74) is 0.452. The highest BCUT2D eigenvalue weighted by Gasteiger charge is 2.25. The van der Waals surface area contributed by atoms with Gasteiger partial charge in [-0.25, -0.2) is 0 Å². The second-order valence-corrected chi connectivity index (χ2v) is 9.41. The molecule has 0 saturated heterocycles. The molecule has 1 aromatic heterocycles. The second kappa shape index (κ2) is 6.66. The largest absolute Gasteiger partial charge is 0.300 e. The molecule has 0 unspecified atom stereocenters. The maximum absolute atomic E-state index is 12.4. The molecule has 24 heavy (non-hydrogen) atoms. The number of halogens is 1. The molecule has 0 bridgehead atoms. The first-order valence-corrected chi connectivity index (χ1v) is 9.61. The number of rotatable bonds is 4. The van der Waals surface area contributed by atoms with Crippen LogP contribution in [0, 0.1) is 12.3 Å². The van der Waals surface area contributed by atoms with Gasteiger partial charge in [-0.15, -0.1) is 10.2 Å². The lowest BCUT2D eigenvalue weighted by Crippen LogP contribution is -2.27. The van der Waals surface area contributed by atoms with E-state index < -0.39 is 15.4 Å². The summed E-state index contributed by atoms with van der Waals surface area (Å²) in [4.78, 5) is 11.9. The first kappa shape index (κ1) is 18.6. The van der Waals surface area contributed by atoms with Crippen LogP contribution in [0.25, 0.3) is 0 Å². The molecule has 2 aromatic rings. The molecule has 7 nitrogen and oxygen atoms in total. The lowest BCUT2D eigenvalue weighted by Gasteiger charge is -2.15. The summed E-state index contributed by atoms with van der Waals surface area (Å²) in [6.45, 7) is 6.97. The molecule has 1 aromatic carbocycles. The fourth-order valence-corrected chi connectivity index (χ4v) is 3.74. The first-order chi connectivity index (χ1) is 11.0. The predicted molar refractivity (Wildman–Crippen MR) is 95.0 cm³/mol. The molecule has 1 heterocycles. The van der Waals surface area contributed by atoms with Gasteiger partial charge in [-0.1, -0.05) is 49.8 Å². The number of hydrogen-bond donors (Lipinski definition) is 2. The van der Waals surface area contributed by atoms with Crippen LogP contribution in [0.1, 0.15) is 26.3 Å². The average molecular weight is 389 g/mol. The molecule has 0 atom stereocenters. The van der Waals surface area contributed by atoms with Crippen molar-refractivity contribution in [2.75, 3.05) is 10.0 Å². The van der Waals surface area contributed by atoms with Gasteiger partial charge in [0.1, 0.15) is 0 Å². The number of amides is 1. The number of carbonyl (C=O) groups excluding carboxylic acids is 1. The van der Waals surface area contributed by atoms with Gasteiger partial charge in [0.2, 0.25) is 11.0 Å². The zero-order chi connectivity index (χ0) is 18.1. The Morgan fingerprint density at radius 1 is 1.25 bits per heavy atom. The molecule has 0 aliphatic rings. The van der Waals surface area contributed by atoms with Crippen LogP contribution < -0.4 is 10.0 Å². The number of anilines is 2. The van der Waals surface area contributed by atoms with Crippen molar-refractivity contribution in [2.45, 2.75) is 32.0 Å². The van der Waals surface area contributed by atoms with Crippen LogP contribution in [0.3, 0.4) is 0 Å². The summed E-state index contributed by atoms with van der Waals surface area (Å²) < 4.78 is 27.0. The van der Waals surface area contributed by atoms with E-state index >= 15 is 0 Å². The van der Waals surface area contributed by atoms with Crippen LogP contribution in [-0.2, 0) is 14.8 Å². The minimum absolute atomic E-state index is 0.123. The fourth-order valence-electron chi connectivity index (χ4n) is 1.55. The van der Waals surface area contributed by atoms with Crippen molar-refractivity contribution in [3.05, 3.63) is 28.8 Å². The molecule has 0 fully saturated rings. The van der Waals surface area contributed by atoms with Gasteiger partial charge in [0, 0.05) is 10.4 Å². The maximum Gasteiger partial charge on any atom is 0.291 e. The monoisotopic (exact) mass is 388 g/mol. The smallest absolute Gasteiger partial charge is 0.291 e. The number of aromatic nitrogens is 2. The molecule has 0 saturated carbocycles. The number of carbonyl (C=O) groups is 1. The highest BCUT2D eigenvalue weighted by molar-refractivity contribution is 7.94. The van der Waals surface area contributed by atoms with E-state index in [1.165, 1.54) is 6.07 Å². The van der Waals surface area contributed by atoms with Crippen LogP contribution in [0.4, 0.5) is 10.8 Å². The Kier molecular flexibility index (Phi) is 5.17. The van der Waals surface area contributed by atoms with Crippen molar-refractivity contribution in [2.24, 2.45) is 5.41 Å². The lowest BCUT2D eigenvalue weighted by atomic mass is 9.96. The summed E-state index contributed by atoms with van der Waals surface area (Å²) in [5, 5.41) is 10.4. The normalized spacial score (nSPS) is 12.0. The van der Waals surface area contributed by atoms with E-state index in [4.69, 9.17) is 11.6 Å². The van der Waals surface area contributed by atoms with Gasteiger partial charge in [0.05, 0.1) is 5.69 Å². The summed E-state index contributed by atoms with van der Waals surface area (Å²) in [6.07, 6.45) is 0. The van der Waals surface area contributed by atoms with E-state index in [1.807, 2.05) is 0 Å². The second-order valence-electron chi connectivity index (χ2n) is 6.14. The van der Waals surface area contributed by atoms with Crippen molar-refractivity contribution in [1.29, 1.82) is 0 Å². The van der Waals surface area contributed by atoms with E-state index in [0.29, 0.717) is 16.3 Å². The van der Waals surface area contributed by atoms with Crippen molar-refractivity contribution in [3.8, 4) is 0 Å². The first-order valence-electron chi connectivity index (χ1n) is 6.93. The third-order valence-corrected chi connectivity index (χ3v) is 5.79. The molecule has 2 N–H and O–H groups in total. The Hall–Kier alpha value is -1.71. The van der Waals surface area contributed by atoms with Crippen LogP contribution in [0.15, 0.2) is 22.5 Å².